The summed E-state index contributed by atoms with van der Waals surface area (Å²) >= 11 is 0. The van der Waals surface area contributed by atoms with Crippen LogP contribution in [0, 0.1) is 6.42 Å². The van der Waals surface area contributed by atoms with Gasteiger partial charge >= 0.3 is 0 Å². The molecule has 0 aliphatic carbocycles. The highest BCUT2D eigenvalue weighted by molar-refractivity contribution is 7.85. The van der Waals surface area contributed by atoms with Crippen LogP contribution in [0.1, 0.15) is 64.7 Å². The molecular formula is C12H25O3S. The summed E-state index contributed by atoms with van der Waals surface area (Å²) in [6.45, 7) is 2.21. The highest BCUT2D eigenvalue weighted by Gasteiger charge is 2.02. The van der Waals surface area contributed by atoms with Gasteiger partial charge in [-0.05, 0) is 12.8 Å². The van der Waals surface area contributed by atoms with Crippen molar-refractivity contribution >= 4 is 10.1 Å². The second kappa shape index (κ2) is 10.1. The van der Waals surface area contributed by atoms with Gasteiger partial charge < -0.3 is 0 Å². The molecule has 4 heteroatoms. The molecule has 0 aromatic carbocycles. The van der Waals surface area contributed by atoms with Crippen LogP contribution in [0.3, 0.4) is 0 Å². The van der Waals surface area contributed by atoms with E-state index in [0.717, 1.165) is 12.8 Å². The third-order valence-electron chi connectivity index (χ3n) is 2.59. The highest BCUT2D eigenvalue weighted by Crippen LogP contribution is 2.10. The Bertz CT molecular complexity index is 235. The summed E-state index contributed by atoms with van der Waals surface area (Å²) in [6.07, 6.45) is 12.3. The summed E-state index contributed by atoms with van der Waals surface area (Å²) in [4.78, 5) is 0. The molecule has 0 saturated heterocycles. The van der Waals surface area contributed by atoms with E-state index in [1.54, 1.807) is 0 Å². The lowest BCUT2D eigenvalue weighted by molar-refractivity contribution is 0.482. The minimum absolute atomic E-state index is 0.135. The maximum absolute atomic E-state index is 10.4. The minimum atomic E-state index is -3.76. The van der Waals surface area contributed by atoms with Crippen molar-refractivity contribution < 1.29 is 13.0 Å². The predicted molar refractivity (Wildman–Crippen MR) is 67.9 cm³/mol. The molecule has 0 rings (SSSR count). The summed E-state index contributed by atoms with van der Waals surface area (Å²) in [5.41, 5.74) is 0. The fourth-order valence-corrected chi connectivity index (χ4v) is 2.09. The molecule has 0 atom stereocenters. The molecule has 1 N–H and O–H groups in total. The first-order valence-electron chi connectivity index (χ1n) is 6.33. The van der Waals surface area contributed by atoms with Crippen molar-refractivity contribution in [2.75, 3.05) is 5.75 Å². The predicted octanol–water partition coefficient (Wildman–Crippen LogP) is 3.61. The number of rotatable bonds is 11. The second-order valence-corrected chi connectivity index (χ2v) is 5.85. The SMILES string of the molecule is CCCCCCCCC[CH]CCS(=O)(=O)O. The Kier molecular flexibility index (Phi) is 10.0. The molecule has 0 fully saturated rings. The largest absolute Gasteiger partial charge is 0.286 e. The van der Waals surface area contributed by atoms with Gasteiger partial charge in [0.1, 0.15) is 0 Å². The van der Waals surface area contributed by atoms with E-state index in [9.17, 15) is 8.42 Å². The van der Waals surface area contributed by atoms with Gasteiger partial charge in [0.2, 0.25) is 0 Å². The lowest BCUT2D eigenvalue weighted by atomic mass is 10.1. The van der Waals surface area contributed by atoms with Crippen molar-refractivity contribution in [2.24, 2.45) is 0 Å². The average molecular weight is 249 g/mol. The molecule has 0 aliphatic rings. The fraction of sp³-hybridized carbons (Fsp3) is 0.917. The third kappa shape index (κ3) is 13.9. The average Bonchev–Trinajstić information content (AvgIpc) is 2.19. The Morgan fingerprint density at radius 1 is 0.938 bits per heavy atom. The zero-order valence-electron chi connectivity index (χ0n) is 10.3. The van der Waals surface area contributed by atoms with E-state index in [2.05, 4.69) is 6.92 Å². The first-order valence-corrected chi connectivity index (χ1v) is 7.94. The molecule has 0 spiro atoms. The second-order valence-electron chi connectivity index (χ2n) is 4.27. The van der Waals surface area contributed by atoms with Crippen LogP contribution in [0.25, 0.3) is 0 Å². The molecule has 16 heavy (non-hydrogen) atoms. The molecule has 0 aromatic heterocycles. The molecule has 0 aliphatic heterocycles. The first kappa shape index (κ1) is 15.9. The van der Waals surface area contributed by atoms with Crippen molar-refractivity contribution in [1.29, 1.82) is 0 Å². The molecule has 3 nitrogen and oxygen atoms in total. The molecule has 97 valence electrons. The van der Waals surface area contributed by atoms with Crippen LogP contribution >= 0.6 is 0 Å². The van der Waals surface area contributed by atoms with Gasteiger partial charge in [0.15, 0.2) is 0 Å². The molecule has 0 aromatic rings. The zero-order valence-corrected chi connectivity index (χ0v) is 11.1. The van der Waals surface area contributed by atoms with Crippen LogP contribution in [0.15, 0.2) is 0 Å². The van der Waals surface area contributed by atoms with Crippen LogP contribution in [0.2, 0.25) is 0 Å². The summed E-state index contributed by atoms with van der Waals surface area (Å²) in [7, 11) is -3.76. The smallest absolute Gasteiger partial charge is 0.264 e. The highest BCUT2D eigenvalue weighted by atomic mass is 32.2. The quantitative estimate of drug-likeness (QED) is 0.449. The molecular weight excluding hydrogens is 224 g/mol. The maximum Gasteiger partial charge on any atom is 0.264 e. The summed E-state index contributed by atoms with van der Waals surface area (Å²) < 4.78 is 29.3. The van der Waals surface area contributed by atoms with E-state index in [0.29, 0.717) is 6.42 Å². The van der Waals surface area contributed by atoms with E-state index in [1.165, 1.54) is 38.5 Å². The van der Waals surface area contributed by atoms with Crippen molar-refractivity contribution in [3.8, 4) is 0 Å². The Labute approximate surface area is 100 Å². The number of unbranched alkanes of at least 4 members (excludes halogenated alkanes) is 9. The van der Waals surface area contributed by atoms with Gasteiger partial charge in [-0.25, -0.2) is 0 Å². The lowest BCUT2D eigenvalue weighted by Crippen LogP contribution is -2.03. The monoisotopic (exact) mass is 249 g/mol. The van der Waals surface area contributed by atoms with Crippen molar-refractivity contribution in [2.45, 2.75) is 64.7 Å². The molecule has 1 radical (unpaired) electrons. The first-order chi connectivity index (χ1) is 7.56. The molecule has 0 unspecified atom stereocenters. The van der Waals surface area contributed by atoms with Gasteiger partial charge in [-0.1, -0.05) is 58.3 Å². The van der Waals surface area contributed by atoms with E-state index in [-0.39, 0.29) is 5.75 Å². The Balaban J connectivity index is 3.05. The van der Waals surface area contributed by atoms with E-state index < -0.39 is 10.1 Å². The van der Waals surface area contributed by atoms with Gasteiger partial charge in [0, 0.05) is 0 Å². The summed E-state index contributed by atoms with van der Waals surface area (Å²) in [6, 6.07) is 0. The topological polar surface area (TPSA) is 54.4 Å². The van der Waals surface area contributed by atoms with Crippen LogP contribution in [0.5, 0.6) is 0 Å². The third-order valence-corrected chi connectivity index (χ3v) is 3.34. The van der Waals surface area contributed by atoms with E-state index >= 15 is 0 Å². The van der Waals surface area contributed by atoms with Gasteiger partial charge in [-0.15, -0.1) is 0 Å². The summed E-state index contributed by atoms with van der Waals surface area (Å²) in [5, 5.41) is 0. The van der Waals surface area contributed by atoms with Crippen LogP contribution < -0.4 is 0 Å². The van der Waals surface area contributed by atoms with Gasteiger partial charge in [-0.3, -0.25) is 4.55 Å². The maximum atomic E-state index is 10.4. The van der Waals surface area contributed by atoms with Crippen LogP contribution in [0.4, 0.5) is 0 Å². The standard InChI is InChI=1S/C12H25O3S/c1-2-3-4-5-6-7-8-9-10-11-12-16(13,14)15/h10H,2-9,11-12H2,1H3,(H,13,14,15). The molecule has 0 saturated carbocycles. The Hall–Kier alpha value is -0.0900. The molecule has 0 heterocycles. The van der Waals surface area contributed by atoms with Gasteiger partial charge in [0.25, 0.3) is 10.1 Å². The fourth-order valence-electron chi connectivity index (χ4n) is 1.62. The Morgan fingerprint density at radius 3 is 2.06 bits per heavy atom. The van der Waals surface area contributed by atoms with E-state index in [4.69, 9.17) is 4.55 Å². The van der Waals surface area contributed by atoms with Crippen LogP contribution in [-0.2, 0) is 10.1 Å². The number of hydrogen-bond acceptors (Lipinski definition) is 2. The van der Waals surface area contributed by atoms with E-state index in [1.807, 2.05) is 6.42 Å². The van der Waals surface area contributed by atoms with Crippen LogP contribution in [-0.4, -0.2) is 18.7 Å². The molecule has 0 bridgehead atoms. The van der Waals surface area contributed by atoms with Crippen molar-refractivity contribution in [1.82, 2.24) is 0 Å². The Morgan fingerprint density at radius 2 is 1.50 bits per heavy atom. The van der Waals surface area contributed by atoms with Crippen molar-refractivity contribution in [3.05, 3.63) is 6.42 Å². The van der Waals surface area contributed by atoms with Gasteiger partial charge in [0.05, 0.1) is 5.75 Å². The molecule has 0 amide bonds. The van der Waals surface area contributed by atoms with Crippen molar-refractivity contribution in [3.63, 3.8) is 0 Å². The lowest BCUT2D eigenvalue weighted by Gasteiger charge is -2.01. The normalized spacial score (nSPS) is 11.9. The van der Waals surface area contributed by atoms with Gasteiger partial charge in [-0.2, -0.15) is 8.42 Å². The summed E-state index contributed by atoms with van der Waals surface area (Å²) in [5.74, 6) is -0.135. The minimum Gasteiger partial charge on any atom is -0.286 e. The number of hydrogen-bond donors (Lipinski definition) is 1. The zero-order chi connectivity index (χ0) is 12.3.